The standard InChI is InChI=1S/C20H28N2O3S/c1-14-6-8-16(9-7-14)26(24,25)22-12-18-15(2)17(19(23)21(4)5)10-11-20(18,3)13-22/h6-9,17H,10-13H2,1-5H3/t17-,20-/m0/s1. The predicted molar refractivity (Wildman–Crippen MR) is 102 cm³/mol. The first kappa shape index (κ1) is 19.1. The van der Waals surface area contributed by atoms with E-state index in [1.807, 2.05) is 26.0 Å². The lowest BCUT2D eigenvalue weighted by molar-refractivity contribution is -0.132. The van der Waals surface area contributed by atoms with Crippen LogP contribution in [0.3, 0.4) is 0 Å². The van der Waals surface area contributed by atoms with E-state index in [2.05, 4.69) is 6.92 Å². The zero-order chi connectivity index (χ0) is 19.3. The molecule has 0 saturated carbocycles. The quantitative estimate of drug-likeness (QED) is 0.762. The van der Waals surface area contributed by atoms with Crippen LogP contribution in [0.25, 0.3) is 0 Å². The van der Waals surface area contributed by atoms with Crippen LogP contribution in [-0.2, 0) is 14.8 Å². The topological polar surface area (TPSA) is 57.7 Å². The molecule has 1 aliphatic heterocycles. The van der Waals surface area contributed by atoms with Crippen molar-refractivity contribution in [1.82, 2.24) is 9.21 Å². The number of benzene rings is 1. The number of amides is 1. The largest absolute Gasteiger partial charge is 0.348 e. The van der Waals surface area contributed by atoms with Crippen LogP contribution in [0.15, 0.2) is 40.3 Å². The molecule has 0 unspecified atom stereocenters. The van der Waals surface area contributed by atoms with E-state index in [0.717, 1.165) is 29.6 Å². The monoisotopic (exact) mass is 376 g/mol. The Balaban J connectivity index is 1.94. The lowest BCUT2D eigenvalue weighted by atomic mass is 9.69. The van der Waals surface area contributed by atoms with Gasteiger partial charge < -0.3 is 4.90 Å². The van der Waals surface area contributed by atoms with Crippen molar-refractivity contribution in [2.45, 2.75) is 38.5 Å². The highest BCUT2D eigenvalue weighted by atomic mass is 32.2. The van der Waals surface area contributed by atoms with Gasteiger partial charge in [0.1, 0.15) is 0 Å². The van der Waals surface area contributed by atoms with Gasteiger partial charge in [0.05, 0.1) is 10.8 Å². The summed E-state index contributed by atoms with van der Waals surface area (Å²) in [5.74, 6) is -0.0213. The summed E-state index contributed by atoms with van der Waals surface area (Å²) in [6.45, 7) is 6.94. The number of aryl methyl sites for hydroxylation is 1. The zero-order valence-electron chi connectivity index (χ0n) is 16.2. The van der Waals surface area contributed by atoms with Crippen molar-refractivity contribution in [2.75, 3.05) is 27.2 Å². The van der Waals surface area contributed by atoms with E-state index in [-0.39, 0.29) is 17.2 Å². The number of hydrogen-bond donors (Lipinski definition) is 0. The number of sulfonamides is 1. The summed E-state index contributed by atoms with van der Waals surface area (Å²) in [7, 11) is 0.0239. The Labute approximate surface area is 156 Å². The molecule has 0 bridgehead atoms. The summed E-state index contributed by atoms with van der Waals surface area (Å²) in [5, 5.41) is 0. The zero-order valence-corrected chi connectivity index (χ0v) is 17.1. The molecule has 26 heavy (non-hydrogen) atoms. The maximum atomic E-state index is 13.1. The molecule has 1 aromatic rings. The third-order valence-corrected chi connectivity index (χ3v) is 7.78. The second kappa shape index (κ2) is 6.50. The highest BCUT2D eigenvalue weighted by Gasteiger charge is 2.48. The molecule has 5 nitrogen and oxygen atoms in total. The fourth-order valence-corrected chi connectivity index (χ4v) is 5.81. The Kier molecular flexibility index (Phi) is 4.78. The lowest BCUT2D eigenvalue weighted by Gasteiger charge is -2.36. The third-order valence-electron chi connectivity index (χ3n) is 5.97. The molecular weight excluding hydrogens is 348 g/mol. The average molecular weight is 377 g/mol. The van der Waals surface area contributed by atoms with E-state index in [1.54, 1.807) is 35.4 Å². The molecule has 2 atom stereocenters. The van der Waals surface area contributed by atoms with E-state index in [9.17, 15) is 13.2 Å². The minimum Gasteiger partial charge on any atom is -0.348 e. The lowest BCUT2D eigenvalue weighted by Crippen LogP contribution is -2.36. The van der Waals surface area contributed by atoms with E-state index in [0.29, 0.717) is 18.0 Å². The highest BCUT2D eigenvalue weighted by Crippen LogP contribution is 2.49. The smallest absolute Gasteiger partial charge is 0.243 e. The molecule has 0 spiro atoms. The molecule has 1 saturated heterocycles. The van der Waals surface area contributed by atoms with Gasteiger partial charge in [-0.15, -0.1) is 0 Å². The van der Waals surface area contributed by atoms with Crippen molar-refractivity contribution in [3.05, 3.63) is 41.0 Å². The summed E-state index contributed by atoms with van der Waals surface area (Å²) in [4.78, 5) is 14.5. The number of carbonyl (C=O) groups is 1. The summed E-state index contributed by atoms with van der Waals surface area (Å²) >= 11 is 0. The molecule has 1 amide bonds. The van der Waals surface area contributed by atoms with Crippen LogP contribution in [0, 0.1) is 18.3 Å². The maximum Gasteiger partial charge on any atom is 0.243 e. The first-order valence-corrected chi connectivity index (χ1v) is 10.5. The second-order valence-corrected chi connectivity index (χ2v) is 10.1. The normalized spacial score (nSPS) is 26.7. The number of carbonyl (C=O) groups excluding carboxylic acids is 1. The average Bonchev–Trinajstić information content (AvgIpc) is 2.94. The van der Waals surface area contributed by atoms with Gasteiger partial charge in [-0.05, 0) is 44.4 Å². The Hall–Kier alpha value is -1.66. The number of hydrogen-bond acceptors (Lipinski definition) is 3. The van der Waals surface area contributed by atoms with Gasteiger partial charge in [0, 0.05) is 32.6 Å². The molecule has 1 aliphatic carbocycles. The summed E-state index contributed by atoms with van der Waals surface area (Å²) in [6, 6.07) is 7.01. The van der Waals surface area contributed by atoms with Gasteiger partial charge in [-0.3, -0.25) is 4.79 Å². The number of rotatable bonds is 3. The van der Waals surface area contributed by atoms with Crippen molar-refractivity contribution < 1.29 is 13.2 Å². The summed E-state index contributed by atoms with van der Waals surface area (Å²) in [5.41, 5.74) is 3.04. The molecule has 0 radical (unpaired) electrons. The first-order chi connectivity index (χ1) is 12.1. The van der Waals surface area contributed by atoms with Crippen molar-refractivity contribution in [1.29, 1.82) is 0 Å². The molecule has 6 heteroatoms. The number of fused-ring (bicyclic) bond motifs is 1. The fraction of sp³-hybridized carbons (Fsp3) is 0.550. The van der Waals surface area contributed by atoms with Gasteiger partial charge in [0.25, 0.3) is 0 Å². The maximum absolute atomic E-state index is 13.1. The Morgan fingerprint density at radius 2 is 1.81 bits per heavy atom. The van der Waals surface area contributed by atoms with E-state index < -0.39 is 10.0 Å². The van der Waals surface area contributed by atoms with Gasteiger partial charge in [-0.1, -0.05) is 30.2 Å². The summed E-state index contributed by atoms with van der Waals surface area (Å²) in [6.07, 6.45) is 1.62. The fourth-order valence-electron chi connectivity index (χ4n) is 4.28. The van der Waals surface area contributed by atoms with Gasteiger partial charge in [0.15, 0.2) is 0 Å². The van der Waals surface area contributed by atoms with E-state index in [4.69, 9.17) is 0 Å². The van der Waals surface area contributed by atoms with Crippen molar-refractivity contribution in [3.63, 3.8) is 0 Å². The molecule has 0 aromatic heterocycles. The molecule has 3 rings (SSSR count). The van der Waals surface area contributed by atoms with Gasteiger partial charge in [-0.2, -0.15) is 4.31 Å². The molecule has 2 aliphatic rings. The molecule has 142 valence electrons. The van der Waals surface area contributed by atoms with Crippen molar-refractivity contribution >= 4 is 15.9 Å². The van der Waals surface area contributed by atoms with Crippen LogP contribution in [0.1, 0.15) is 32.3 Å². The minimum absolute atomic E-state index is 0.108. The molecular formula is C20H28N2O3S. The molecule has 1 heterocycles. The van der Waals surface area contributed by atoms with Gasteiger partial charge in [-0.25, -0.2) is 8.42 Å². The van der Waals surface area contributed by atoms with Crippen molar-refractivity contribution in [2.24, 2.45) is 11.3 Å². The van der Waals surface area contributed by atoms with Crippen LogP contribution in [0.4, 0.5) is 0 Å². The van der Waals surface area contributed by atoms with E-state index in [1.165, 1.54) is 0 Å². The van der Waals surface area contributed by atoms with E-state index >= 15 is 0 Å². The van der Waals surface area contributed by atoms with Crippen LogP contribution in [0.5, 0.6) is 0 Å². The molecule has 1 aromatic carbocycles. The van der Waals surface area contributed by atoms with Crippen LogP contribution in [-0.4, -0.2) is 50.7 Å². The third kappa shape index (κ3) is 3.09. The molecule has 1 fully saturated rings. The SMILES string of the molecule is CC1=C2CN(S(=O)(=O)c3ccc(C)cc3)C[C@]2(C)CC[C@@H]1C(=O)N(C)C. The van der Waals surface area contributed by atoms with Crippen LogP contribution in [0.2, 0.25) is 0 Å². The first-order valence-electron chi connectivity index (χ1n) is 9.04. The second-order valence-electron chi connectivity index (χ2n) is 8.13. The Morgan fingerprint density at radius 3 is 2.38 bits per heavy atom. The minimum atomic E-state index is -3.53. The highest BCUT2D eigenvalue weighted by molar-refractivity contribution is 7.89. The van der Waals surface area contributed by atoms with Crippen molar-refractivity contribution in [3.8, 4) is 0 Å². The number of nitrogens with zero attached hydrogens (tertiary/aromatic N) is 2. The van der Waals surface area contributed by atoms with Gasteiger partial charge in [0.2, 0.25) is 15.9 Å². The Morgan fingerprint density at radius 1 is 1.19 bits per heavy atom. The van der Waals surface area contributed by atoms with Crippen LogP contribution < -0.4 is 0 Å². The van der Waals surface area contributed by atoms with Crippen LogP contribution >= 0.6 is 0 Å². The van der Waals surface area contributed by atoms with Gasteiger partial charge >= 0.3 is 0 Å². The molecule has 0 N–H and O–H groups in total. The predicted octanol–water partition coefficient (Wildman–Crippen LogP) is 2.82. The Bertz CT molecular complexity index is 856. The summed E-state index contributed by atoms with van der Waals surface area (Å²) < 4.78 is 27.8.